The summed E-state index contributed by atoms with van der Waals surface area (Å²) in [5.74, 6) is 1.25. The third-order valence-corrected chi connectivity index (χ3v) is 4.22. The van der Waals surface area contributed by atoms with E-state index in [9.17, 15) is 0 Å². The molecule has 0 fully saturated rings. The number of hydrogen-bond acceptors (Lipinski definition) is 3. The van der Waals surface area contributed by atoms with Crippen molar-refractivity contribution in [3.63, 3.8) is 0 Å². The van der Waals surface area contributed by atoms with Crippen LogP contribution in [0.5, 0.6) is 0 Å². The molecule has 0 N–H and O–H groups in total. The molecule has 2 heterocycles. The molecule has 2 aromatic rings. The van der Waals surface area contributed by atoms with E-state index in [0.29, 0.717) is 16.9 Å². The van der Waals surface area contributed by atoms with E-state index in [2.05, 4.69) is 40.3 Å². The first kappa shape index (κ1) is 16.5. The predicted molar refractivity (Wildman–Crippen MR) is 89.1 cm³/mol. The molecule has 2 rings (SSSR count). The first-order chi connectivity index (χ1) is 10.0. The highest BCUT2D eigenvalue weighted by molar-refractivity contribution is 6.31. The fraction of sp³-hybridized carbons (Fsp3) is 0.600. The Hall–Kier alpha value is -0.840. The zero-order chi connectivity index (χ0) is 15.4. The number of pyridine rings is 1. The van der Waals surface area contributed by atoms with Crippen LogP contribution in [0, 0.1) is 0 Å². The normalized spacial score (nSPS) is 12.0. The summed E-state index contributed by atoms with van der Waals surface area (Å²) in [7, 11) is 2.16. The van der Waals surface area contributed by atoms with Gasteiger partial charge in [0, 0.05) is 18.8 Å². The SMILES string of the molecule is CC(C)N(C)CCCCn1c(CCl)nc2cc(Cl)cnc21. The van der Waals surface area contributed by atoms with Crippen LogP contribution in [0.15, 0.2) is 12.3 Å². The van der Waals surface area contributed by atoms with Crippen LogP contribution in [-0.2, 0) is 12.4 Å². The maximum Gasteiger partial charge on any atom is 0.160 e. The highest BCUT2D eigenvalue weighted by Gasteiger charge is 2.11. The average molecular weight is 329 g/mol. The largest absolute Gasteiger partial charge is 0.312 e. The zero-order valence-corrected chi connectivity index (χ0v) is 14.3. The average Bonchev–Trinajstić information content (AvgIpc) is 2.80. The van der Waals surface area contributed by atoms with Gasteiger partial charge in [-0.1, -0.05) is 11.6 Å². The molecule has 2 aromatic heterocycles. The van der Waals surface area contributed by atoms with Crippen molar-refractivity contribution in [2.24, 2.45) is 0 Å². The van der Waals surface area contributed by atoms with Crippen LogP contribution in [0.2, 0.25) is 5.02 Å². The molecule has 0 aliphatic heterocycles. The number of halogens is 2. The van der Waals surface area contributed by atoms with Gasteiger partial charge in [0.25, 0.3) is 0 Å². The standard InChI is InChI=1S/C15H22Cl2N4/c1-11(2)20(3)6-4-5-7-21-14(9-16)19-13-8-12(17)10-18-15(13)21/h8,10-11H,4-7,9H2,1-3H3. The molecule has 4 nitrogen and oxygen atoms in total. The van der Waals surface area contributed by atoms with Gasteiger partial charge in [-0.05, 0) is 46.3 Å². The third kappa shape index (κ3) is 4.09. The highest BCUT2D eigenvalue weighted by atomic mass is 35.5. The minimum absolute atomic E-state index is 0.389. The first-order valence-electron chi connectivity index (χ1n) is 7.29. The van der Waals surface area contributed by atoms with E-state index < -0.39 is 0 Å². The van der Waals surface area contributed by atoms with Crippen molar-refractivity contribution in [3.8, 4) is 0 Å². The molecule has 0 bridgehead atoms. The second-order valence-electron chi connectivity index (χ2n) is 5.59. The summed E-state index contributed by atoms with van der Waals surface area (Å²) in [5, 5.41) is 0.604. The second kappa shape index (κ2) is 7.43. The van der Waals surface area contributed by atoms with Gasteiger partial charge in [-0.3, -0.25) is 0 Å². The lowest BCUT2D eigenvalue weighted by Gasteiger charge is -2.20. The van der Waals surface area contributed by atoms with E-state index in [-0.39, 0.29) is 0 Å². The van der Waals surface area contributed by atoms with Gasteiger partial charge in [0.05, 0.1) is 10.9 Å². The quantitative estimate of drug-likeness (QED) is 0.570. The molecule has 0 aliphatic rings. The Bertz CT molecular complexity index is 595. The van der Waals surface area contributed by atoms with Crippen molar-refractivity contribution in [1.82, 2.24) is 19.4 Å². The molecular weight excluding hydrogens is 307 g/mol. The Morgan fingerprint density at radius 3 is 2.76 bits per heavy atom. The molecular formula is C15H22Cl2N4. The zero-order valence-electron chi connectivity index (χ0n) is 12.8. The van der Waals surface area contributed by atoms with Gasteiger partial charge in [0.15, 0.2) is 5.65 Å². The molecule has 0 radical (unpaired) electrons. The predicted octanol–water partition coefficient (Wildman–Crippen LogP) is 3.94. The van der Waals surface area contributed by atoms with Gasteiger partial charge in [-0.15, -0.1) is 11.6 Å². The Labute approximate surface area is 136 Å². The Morgan fingerprint density at radius 2 is 2.10 bits per heavy atom. The van der Waals surface area contributed by atoms with Crippen molar-refractivity contribution in [2.45, 2.75) is 45.2 Å². The van der Waals surface area contributed by atoms with Gasteiger partial charge < -0.3 is 9.47 Å². The van der Waals surface area contributed by atoms with Crippen LogP contribution in [0.3, 0.4) is 0 Å². The number of imidazole rings is 1. The Morgan fingerprint density at radius 1 is 1.33 bits per heavy atom. The lowest BCUT2D eigenvalue weighted by Crippen LogP contribution is -2.27. The molecule has 0 unspecified atom stereocenters. The molecule has 0 spiro atoms. The summed E-state index contributed by atoms with van der Waals surface area (Å²) in [6.45, 7) is 6.41. The number of unbranched alkanes of at least 4 members (excludes halogenated alkanes) is 1. The number of aryl methyl sites for hydroxylation is 1. The summed E-state index contributed by atoms with van der Waals surface area (Å²) >= 11 is 12.0. The van der Waals surface area contributed by atoms with E-state index in [1.165, 1.54) is 0 Å². The van der Waals surface area contributed by atoms with E-state index in [4.69, 9.17) is 23.2 Å². The summed E-state index contributed by atoms with van der Waals surface area (Å²) in [6.07, 6.45) is 3.88. The van der Waals surface area contributed by atoms with Gasteiger partial charge in [0.1, 0.15) is 11.3 Å². The summed E-state index contributed by atoms with van der Waals surface area (Å²) in [6, 6.07) is 2.42. The minimum Gasteiger partial charge on any atom is -0.312 e. The van der Waals surface area contributed by atoms with Crippen molar-refractivity contribution >= 4 is 34.4 Å². The maximum atomic E-state index is 6.00. The van der Waals surface area contributed by atoms with E-state index in [1.54, 1.807) is 6.20 Å². The van der Waals surface area contributed by atoms with Gasteiger partial charge in [-0.2, -0.15) is 0 Å². The fourth-order valence-electron chi connectivity index (χ4n) is 2.26. The molecule has 0 atom stereocenters. The number of aromatic nitrogens is 3. The number of nitrogens with zero attached hydrogens (tertiary/aromatic N) is 4. The lowest BCUT2D eigenvalue weighted by atomic mass is 10.2. The molecule has 0 saturated carbocycles. The topological polar surface area (TPSA) is 34.0 Å². The van der Waals surface area contributed by atoms with Crippen molar-refractivity contribution in [2.75, 3.05) is 13.6 Å². The van der Waals surface area contributed by atoms with Gasteiger partial charge >= 0.3 is 0 Å². The third-order valence-electron chi connectivity index (χ3n) is 3.77. The molecule has 21 heavy (non-hydrogen) atoms. The van der Waals surface area contributed by atoms with E-state index in [1.807, 2.05) is 6.07 Å². The lowest BCUT2D eigenvalue weighted by molar-refractivity contribution is 0.266. The van der Waals surface area contributed by atoms with Gasteiger partial charge in [0.2, 0.25) is 0 Å². The number of rotatable bonds is 7. The highest BCUT2D eigenvalue weighted by Crippen LogP contribution is 2.19. The molecule has 6 heteroatoms. The monoisotopic (exact) mass is 328 g/mol. The second-order valence-corrected chi connectivity index (χ2v) is 6.29. The van der Waals surface area contributed by atoms with Crippen LogP contribution in [-0.4, -0.2) is 39.1 Å². The van der Waals surface area contributed by atoms with E-state index >= 15 is 0 Å². The molecule has 0 aromatic carbocycles. The Balaban J connectivity index is 2.04. The van der Waals surface area contributed by atoms with Crippen LogP contribution >= 0.6 is 23.2 Å². The summed E-state index contributed by atoms with van der Waals surface area (Å²) in [5.41, 5.74) is 1.68. The number of fused-ring (bicyclic) bond motifs is 1. The number of hydrogen-bond donors (Lipinski definition) is 0. The van der Waals surface area contributed by atoms with Crippen molar-refractivity contribution in [3.05, 3.63) is 23.1 Å². The first-order valence-corrected chi connectivity index (χ1v) is 8.21. The summed E-state index contributed by atoms with van der Waals surface area (Å²) < 4.78 is 2.11. The smallest absolute Gasteiger partial charge is 0.160 e. The van der Waals surface area contributed by atoms with Gasteiger partial charge in [-0.25, -0.2) is 9.97 Å². The molecule has 0 aliphatic carbocycles. The van der Waals surface area contributed by atoms with Crippen LogP contribution in [0.4, 0.5) is 0 Å². The minimum atomic E-state index is 0.389. The Kier molecular flexibility index (Phi) is 5.85. The van der Waals surface area contributed by atoms with Crippen LogP contribution in [0.25, 0.3) is 11.2 Å². The molecule has 0 saturated heterocycles. The fourth-order valence-corrected chi connectivity index (χ4v) is 2.62. The van der Waals surface area contributed by atoms with Crippen LogP contribution in [0.1, 0.15) is 32.5 Å². The van der Waals surface area contributed by atoms with Crippen molar-refractivity contribution < 1.29 is 0 Å². The van der Waals surface area contributed by atoms with Crippen molar-refractivity contribution in [1.29, 1.82) is 0 Å². The van der Waals surface area contributed by atoms with E-state index in [0.717, 1.165) is 42.9 Å². The number of alkyl halides is 1. The summed E-state index contributed by atoms with van der Waals surface area (Å²) in [4.78, 5) is 11.3. The maximum absolute atomic E-state index is 6.00. The molecule has 0 amide bonds. The van der Waals surface area contributed by atoms with Crippen LogP contribution < -0.4 is 0 Å². The molecule has 116 valence electrons.